The fourth-order valence-corrected chi connectivity index (χ4v) is 0.931. The molecule has 64 valence electrons. The van der Waals surface area contributed by atoms with E-state index >= 15 is 0 Å². The lowest BCUT2D eigenvalue weighted by atomic mass is 10.1. The topological polar surface area (TPSA) is 50.4 Å². The summed E-state index contributed by atoms with van der Waals surface area (Å²) < 4.78 is 5.25. The van der Waals surface area contributed by atoms with E-state index in [1.165, 1.54) is 0 Å². The summed E-state index contributed by atoms with van der Waals surface area (Å²) in [7, 11) is 1.88. The van der Waals surface area contributed by atoms with Gasteiger partial charge in [-0.15, -0.1) is 0 Å². The van der Waals surface area contributed by atoms with E-state index in [9.17, 15) is 4.79 Å². The molecule has 4 nitrogen and oxygen atoms in total. The molecule has 2 N–H and O–H groups in total. The highest BCUT2D eigenvalue weighted by atomic mass is 16.5. The number of β-lactam (4-membered cyclic amide) rings is 1. The summed E-state index contributed by atoms with van der Waals surface area (Å²) in [6.07, 6.45) is 0.625. The Bertz CT molecular complexity index is 130. The largest absolute Gasteiger partial charge is 0.378 e. The Morgan fingerprint density at radius 1 is 1.82 bits per heavy atom. The van der Waals surface area contributed by atoms with Gasteiger partial charge in [0.05, 0.1) is 19.3 Å². The van der Waals surface area contributed by atoms with Gasteiger partial charge in [0.2, 0.25) is 5.91 Å². The third-order valence-corrected chi connectivity index (χ3v) is 1.61. The van der Waals surface area contributed by atoms with Gasteiger partial charge in [0.15, 0.2) is 0 Å². The fourth-order valence-electron chi connectivity index (χ4n) is 0.931. The Morgan fingerprint density at radius 3 is 3.09 bits per heavy atom. The molecule has 0 aromatic heterocycles. The van der Waals surface area contributed by atoms with E-state index in [1.807, 2.05) is 7.05 Å². The quantitative estimate of drug-likeness (QED) is 0.403. The lowest BCUT2D eigenvalue weighted by Gasteiger charge is -2.26. The minimum atomic E-state index is 0.132. The first-order chi connectivity index (χ1) is 5.33. The van der Waals surface area contributed by atoms with Crippen LogP contribution in [0.25, 0.3) is 0 Å². The second-order valence-corrected chi connectivity index (χ2v) is 2.65. The highest BCUT2D eigenvalue weighted by Gasteiger charge is 2.24. The number of hydrogen-bond donors (Lipinski definition) is 2. The molecule has 0 saturated carbocycles. The third kappa shape index (κ3) is 2.86. The van der Waals surface area contributed by atoms with E-state index in [4.69, 9.17) is 4.74 Å². The minimum absolute atomic E-state index is 0.132. The zero-order valence-corrected chi connectivity index (χ0v) is 6.72. The molecular formula is C7H14N2O2. The van der Waals surface area contributed by atoms with Gasteiger partial charge in [0.25, 0.3) is 0 Å². The van der Waals surface area contributed by atoms with Gasteiger partial charge < -0.3 is 15.4 Å². The van der Waals surface area contributed by atoms with Crippen molar-refractivity contribution in [3.05, 3.63) is 0 Å². The molecule has 1 aliphatic heterocycles. The van der Waals surface area contributed by atoms with Crippen LogP contribution in [0.4, 0.5) is 0 Å². The van der Waals surface area contributed by atoms with Crippen molar-refractivity contribution in [3.8, 4) is 0 Å². The first-order valence-corrected chi connectivity index (χ1v) is 3.84. The van der Waals surface area contributed by atoms with Crippen molar-refractivity contribution in [1.29, 1.82) is 0 Å². The summed E-state index contributed by atoms with van der Waals surface area (Å²) in [6.45, 7) is 2.22. The summed E-state index contributed by atoms with van der Waals surface area (Å²) in [5, 5.41) is 5.71. The highest BCUT2D eigenvalue weighted by molar-refractivity contribution is 5.82. The number of carbonyl (C=O) groups excluding carboxylic acids is 1. The second-order valence-electron chi connectivity index (χ2n) is 2.65. The molecule has 1 fully saturated rings. The molecule has 1 aliphatic rings. The van der Waals surface area contributed by atoms with Gasteiger partial charge in [-0.1, -0.05) is 0 Å². The smallest absolute Gasteiger partial charge is 0.222 e. The van der Waals surface area contributed by atoms with Crippen molar-refractivity contribution in [2.75, 3.05) is 26.8 Å². The number of hydrogen-bond acceptors (Lipinski definition) is 3. The predicted octanol–water partition coefficient (Wildman–Crippen LogP) is -0.889. The zero-order chi connectivity index (χ0) is 8.10. The molecule has 0 aromatic carbocycles. The van der Waals surface area contributed by atoms with Crippen molar-refractivity contribution in [3.63, 3.8) is 0 Å². The number of amides is 1. The van der Waals surface area contributed by atoms with Crippen LogP contribution >= 0.6 is 0 Å². The average molecular weight is 158 g/mol. The minimum Gasteiger partial charge on any atom is -0.378 e. The molecule has 0 aliphatic carbocycles. The van der Waals surface area contributed by atoms with Crippen LogP contribution in [-0.2, 0) is 9.53 Å². The van der Waals surface area contributed by atoms with Crippen LogP contribution in [-0.4, -0.2) is 38.8 Å². The molecule has 0 aromatic rings. The van der Waals surface area contributed by atoms with Crippen molar-refractivity contribution in [2.24, 2.45) is 0 Å². The Kier molecular flexibility index (Phi) is 3.32. The third-order valence-electron chi connectivity index (χ3n) is 1.61. The van der Waals surface area contributed by atoms with Gasteiger partial charge in [-0.25, -0.2) is 0 Å². The van der Waals surface area contributed by atoms with Crippen LogP contribution in [0.1, 0.15) is 6.42 Å². The normalized spacial score (nSPS) is 22.6. The lowest BCUT2D eigenvalue weighted by Crippen LogP contribution is -2.51. The summed E-state index contributed by atoms with van der Waals surface area (Å²) >= 11 is 0. The number of likely N-dealkylation sites (N-methyl/N-ethyl adjacent to an activating group) is 1. The highest BCUT2D eigenvalue weighted by Crippen LogP contribution is 2.03. The van der Waals surface area contributed by atoms with Crippen LogP contribution in [0.2, 0.25) is 0 Å². The predicted molar refractivity (Wildman–Crippen MR) is 41.3 cm³/mol. The number of ether oxygens (including phenoxy) is 1. The van der Waals surface area contributed by atoms with E-state index in [2.05, 4.69) is 10.6 Å². The molecule has 0 bridgehead atoms. The molecule has 1 atom stereocenters. The standard InChI is InChI=1S/C7H14N2O2/c1-8-2-3-11-5-6-4-7(10)9-6/h6,8H,2-5H2,1H3,(H,9,10). The van der Waals surface area contributed by atoms with Crippen LogP contribution in [0.5, 0.6) is 0 Å². The Hall–Kier alpha value is -0.610. The molecule has 1 saturated heterocycles. The van der Waals surface area contributed by atoms with Crippen LogP contribution < -0.4 is 10.6 Å². The van der Waals surface area contributed by atoms with E-state index in [0.29, 0.717) is 19.6 Å². The van der Waals surface area contributed by atoms with E-state index in [1.54, 1.807) is 0 Å². The maximum absolute atomic E-state index is 10.4. The molecule has 0 radical (unpaired) electrons. The summed E-state index contributed by atoms with van der Waals surface area (Å²) in [4.78, 5) is 10.4. The molecule has 1 unspecified atom stereocenters. The first-order valence-electron chi connectivity index (χ1n) is 3.84. The van der Waals surface area contributed by atoms with Crippen molar-refractivity contribution in [1.82, 2.24) is 10.6 Å². The molecule has 1 heterocycles. The van der Waals surface area contributed by atoms with Crippen LogP contribution in [0.15, 0.2) is 0 Å². The van der Waals surface area contributed by atoms with Crippen LogP contribution in [0.3, 0.4) is 0 Å². The molecule has 11 heavy (non-hydrogen) atoms. The number of rotatable bonds is 5. The second kappa shape index (κ2) is 4.31. The van der Waals surface area contributed by atoms with Gasteiger partial charge in [-0.2, -0.15) is 0 Å². The van der Waals surface area contributed by atoms with Crippen molar-refractivity contribution >= 4 is 5.91 Å². The van der Waals surface area contributed by atoms with Gasteiger partial charge >= 0.3 is 0 Å². The van der Waals surface area contributed by atoms with E-state index in [0.717, 1.165) is 6.54 Å². The summed E-state index contributed by atoms with van der Waals surface area (Å²) in [5.41, 5.74) is 0. The number of carbonyl (C=O) groups is 1. The number of nitrogens with one attached hydrogen (secondary N) is 2. The molecule has 4 heteroatoms. The fraction of sp³-hybridized carbons (Fsp3) is 0.857. The van der Waals surface area contributed by atoms with Gasteiger partial charge in [-0.3, -0.25) is 4.79 Å². The maximum atomic E-state index is 10.4. The SMILES string of the molecule is CNCCOCC1CC(=O)N1. The Labute approximate surface area is 66.3 Å². The van der Waals surface area contributed by atoms with Gasteiger partial charge in [-0.05, 0) is 7.05 Å². The van der Waals surface area contributed by atoms with Gasteiger partial charge in [0, 0.05) is 13.0 Å². The molecule has 1 rings (SSSR count). The van der Waals surface area contributed by atoms with Gasteiger partial charge in [0.1, 0.15) is 0 Å². The lowest BCUT2D eigenvalue weighted by molar-refractivity contribution is -0.129. The van der Waals surface area contributed by atoms with E-state index in [-0.39, 0.29) is 11.9 Å². The summed E-state index contributed by atoms with van der Waals surface area (Å²) in [5.74, 6) is 0.132. The first kappa shape index (κ1) is 8.49. The van der Waals surface area contributed by atoms with Crippen molar-refractivity contribution < 1.29 is 9.53 Å². The Balaban J connectivity index is 1.85. The Morgan fingerprint density at radius 2 is 2.55 bits per heavy atom. The average Bonchev–Trinajstić information content (AvgIpc) is 1.94. The molecule has 1 amide bonds. The summed E-state index contributed by atoms with van der Waals surface area (Å²) in [6, 6.07) is 0.263. The molecular weight excluding hydrogens is 144 g/mol. The zero-order valence-electron chi connectivity index (χ0n) is 6.72. The molecule has 0 spiro atoms. The monoisotopic (exact) mass is 158 g/mol. The van der Waals surface area contributed by atoms with Crippen LogP contribution in [0, 0.1) is 0 Å². The van der Waals surface area contributed by atoms with E-state index < -0.39 is 0 Å². The maximum Gasteiger partial charge on any atom is 0.222 e. The van der Waals surface area contributed by atoms with Crippen molar-refractivity contribution in [2.45, 2.75) is 12.5 Å².